The number of hydrogen-bond acceptors (Lipinski definition) is 2. The van der Waals surface area contributed by atoms with Crippen LogP contribution in [0.1, 0.15) is 41.4 Å². The van der Waals surface area contributed by atoms with Crippen LogP contribution in [0.5, 0.6) is 0 Å². The van der Waals surface area contributed by atoms with E-state index in [1.165, 1.54) is 16.5 Å². The first-order valence-electron chi connectivity index (χ1n) is 6.43. The maximum Gasteiger partial charge on any atom is 0.123 e. The van der Waals surface area contributed by atoms with Gasteiger partial charge in [0.15, 0.2) is 0 Å². The van der Waals surface area contributed by atoms with Crippen molar-refractivity contribution < 1.29 is 4.39 Å². The van der Waals surface area contributed by atoms with Crippen molar-refractivity contribution in [3.05, 3.63) is 56.5 Å². The normalized spacial score (nSPS) is 19.4. The molecule has 2 atom stereocenters. The zero-order chi connectivity index (χ0) is 13.4. The molecule has 4 heteroatoms. The van der Waals surface area contributed by atoms with Crippen LogP contribution < -0.4 is 5.32 Å². The zero-order valence-electron chi connectivity index (χ0n) is 10.6. The second-order valence-electron chi connectivity index (χ2n) is 4.96. The fraction of sp³-hybridized carbons (Fsp3) is 0.333. The van der Waals surface area contributed by atoms with Crippen LogP contribution in [0.3, 0.4) is 0 Å². The van der Waals surface area contributed by atoms with E-state index in [2.05, 4.69) is 18.3 Å². The molecule has 0 radical (unpaired) electrons. The predicted molar refractivity (Wildman–Crippen MR) is 78.3 cm³/mol. The highest BCUT2D eigenvalue weighted by Gasteiger charge is 2.26. The summed E-state index contributed by atoms with van der Waals surface area (Å²) in [5, 5.41) is 3.57. The van der Waals surface area contributed by atoms with Crippen LogP contribution in [0.15, 0.2) is 30.3 Å². The second kappa shape index (κ2) is 5.23. The molecule has 0 spiro atoms. The van der Waals surface area contributed by atoms with Crippen molar-refractivity contribution >= 4 is 22.9 Å². The first-order valence-corrected chi connectivity index (χ1v) is 7.62. The van der Waals surface area contributed by atoms with Crippen molar-refractivity contribution in [1.29, 1.82) is 0 Å². The molecule has 1 nitrogen and oxygen atoms in total. The molecule has 1 aromatic heterocycles. The summed E-state index contributed by atoms with van der Waals surface area (Å²) >= 11 is 7.73. The monoisotopic (exact) mass is 295 g/mol. The van der Waals surface area contributed by atoms with Gasteiger partial charge in [-0.25, -0.2) is 4.39 Å². The van der Waals surface area contributed by atoms with Gasteiger partial charge >= 0.3 is 0 Å². The highest BCUT2D eigenvalue weighted by molar-refractivity contribution is 7.16. The van der Waals surface area contributed by atoms with Crippen molar-refractivity contribution in [2.75, 3.05) is 0 Å². The molecule has 1 N–H and O–H groups in total. The van der Waals surface area contributed by atoms with Crippen LogP contribution >= 0.6 is 22.9 Å². The Balaban J connectivity index is 1.75. The lowest BCUT2D eigenvalue weighted by Gasteiger charge is -2.20. The van der Waals surface area contributed by atoms with E-state index in [1.807, 2.05) is 6.07 Å². The van der Waals surface area contributed by atoms with Crippen molar-refractivity contribution in [2.45, 2.75) is 31.8 Å². The van der Waals surface area contributed by atoms with Gasteiger partial charge < -0.3 is 5.32 Å². The molecule has 1 aliphatic rings. The van der Waals surface area contributed by atoms with E-state index in [9.17, 15) is 4.39 Å². The van der Waals surface area contributed by atoms with Gasteiger partial charge in [-0.3, -0.25) is 0 Å². The van der Waals surface area contributed by atoms with E-state index in [0.29, 0.717) is 6.04 Å². The summed E-state index contributed by atoms with van der Waals surface area (Å²) in [7, 11) is 0. The van der Waals surface area contributed by atoms with Crippen LogP contribution in [0.4, 0.5) is 4.39 Å². The first-order chi connectivity index (χ1) is 9.13. The van der Waals surface area contributed by atoms with Gasteiger partial charge in [0, 0.05) is 17.0 Å². The zero-order valence-corrected chi connectivity index (χ0v) is 12.2. The summed E-state index contributed by atoms with van der Waals surface area (Å²) in [5.41, 5.74) is 2.30. The van der Waals surface area contributed by atoms with E-state index in [-0.39, 0.29) is 11.9 Å². The van der Waals surface area contributed by atoms with Crippen LogP contribution in [-0.2, 0) is 6.42 Å². The maximum atomic E-state index is 13.2. The number of rotatable bonds is 3. The molecule has 100 valence electrons. The van der Waals surface area contributed by atoms with Gasteiger partial charge in [-0.05, 0) is 49.1 Å². The lowest BCUT2D eigenvalue weighted by Crippen LogP contribution is -2.22. The Morgan fingerprint density at radius 1 is 1.42 bits per heavy atom. The number of benzene rings is 1. The van der Waals surface area contributed by atoms with Gasteiger partial charge in [-0.15, -0.1) is 11.3 Å². The van der Waals surface area contributed by atoms with E-state index >= 15 is 0 Å². The SMILES string of the molecule is C[C@@H](NC1CCc2sc(Cl)cc21)c1cccc(F)c1. The molecule has 1 aliphatic carbocycles. The molecule has 3 rings (SSSR count). The molecule has 1 aromatic carbocycles. The van der Waals surface area contributed by atoms with E-state index < -0.39 is 0 Å². The van der Waals surface area contributed by atoms with Crippen LogP contribution in [-0.4, -0.2) is 0 Å². The molecule has 1 unspecified atom stereocenters. The molecule has 0 bridgehead atoms. The lowest BCUT2D eigenvalue weighted by atomic mass is 10.1. The molecular weight excluding hydrogens is 281 g/mol. The summed E-state index contributed by atoms with van der Waals surface area (Å²) < 4.78 is 14.1. The second-order valence-corrected chi connectivity index (χ2v) is 6.73. The Labute approximate surface area is 121 Å². The highest BCUT2D eigenvalue weighted by atomic mass is 35.5. The van der Waals surface area contributed by atoms with Crippen LogP contribution in [0.25, 0.3) is 0 Å². The third-order valence-electron chi connectivity index (χ3n) is 3.65. The van der Waals surface area contributed by atoms with Crippen molar-refractivity contribution in [3.63, 3.8) is 0 Å². The number of hydrogen-bond donors (Lipinski definition) is 1. The van der Waals surface area contributed by atoms with Crippen molar-refractivity contribution in [3.8, 4) is 0 Å². The number of aryl methyl sites for hydroxylation is 1. The third kappa shape index (κ3) is 2.69. The third-order valence-corrected chi connectivity index (χ3v) is 4.99. The number of nitrogens with one attached hydrogen (secondary N) is 1. The minimum Gasteiger partial charge on any atom is -0.303 e. The summed E-state index contributed by atoms with van der Waals surface area (Å²) in [6.07, 6.45) is 2.18. The fourth-order valence-electron chi connectivity index (χ4n) is 2.68. The smallest absolute Gasteiger partial charge is 0.123 e. The van der Waals surface area contributed by atoms with E-state index in [0.717, 1.165) is 22.7 Å². The molecule has 0 saturated heterocycles. The van der Waals surface area contributed by atoms with Gasteiger partial charge in [-0.1, -0.05) is 23.7 Å². The number of halogens is 2. The van der Waals surface area contributed by atoms with Crippen molar-refractivity contribution in [2.24, 2.45) is 0 Å². The fourth-order valence-corrected chi connectivity index (χ4v) is 4.03. The van der Waals surface area contributed by atoms with Gasteiger partial charge in [0.1, 0.15) is 5.82 Å². The molecule has 2 aromatic rings. The molecule has 0 aliphatic heterocycles. The van der Waals surface area contributed by atoms with Crippen LogP contribution in [0.2, 0.25) is 4.34 Å². The molecule has 0 amide bonds. The Hall–Kier alpha value is -0.900. The highest BCUT2D eigenvalue weighted by Crippen LogP contribution is 2.40. The molecule has 0 fully saturated rings. The average Bonchev–Trinajstić information content (AvgIpc) is 2.90. The van der Waals surface area contributed by atoms with Gasteiger partial charge in [0.05, 0.1) is 4.34 Å². The maximum absolute atomic E-state index is 13.2. The molecule has 0 saturated carbocycles. The molecular formula is C15H15ClFNS. The van der Waals surface area contributed by atoms with Gasteiger partial charge in [0.25, 0.3) is 0 Å². The summed E-state index contributed by atoms with van der Waals surface area (Å²) in [4.78, 5) is 1.38. The topological polar surface area (TPSA) is 12.0 Å². The summed E-state index contributed by atoms with van der Waals surface area (Å²) in [6, 6.07) is 9.30. The lowest BCUT2D eigenvalue weighted by molar-refractivity contribution is 0.463. The van der Waals surface area contributed by atoms with E-state index in [4.69, 9.17) is 11.6 Å². The Morgan fingerprint density at radius 2 is 2.26 bits per heavy atom. The standard InChI is InChI=1S/C15H15ClFNS/c1-9(10-3-2-4-11(17)7-10)18-13-5-6-14-12(13)8-15(16)19-14/h2-4,7-9,13,18H,5-6H2,1H3/t9-,13?/m1/s1. The average molecular weight is 296 g/mol. The van der Waals surface area contributed by atoms with Gasteiger partial charge in [0.2, 0.25) is 0 Å². The predicted octanol–water partition coefficient (Wildman–Crippen LogP) is 4.88. The van der Waals surface area contributed by atoms with Gasteiger partial charge in [-0.2, -0.15) is 0 Å². The largest absolute Gasteiger partial charge is 0.303 e. The molecule has 1 heterocycles. The molecule has 19 heavy (non-hydrogen) atoms. The minimum atomic E-state index is -0.183. The summed E-state index contributed by atoms with van der Waals surface area (Å²) in [5.74, 6) is -0.183. The van der Waals surface area contributed by atoms with Crippen LogP contribution in [0, 0.1) is 5.82 Å². The van der Waals surface area contributed by atoms with E-state index in [1.54, 1.807) is 23.5 Å². The first kappa shape index (κ1) is 13.1. The Bertz CT molecular complexity index is 596. The number of fused-ring (bicyclic) bond motifs is 1. The minimum absolute atomic E-state index is 0.130. The van der Waals surface area contributed by atoms with Crippen molar-refractivity contribution in [1.82, 2.24) is 5.32 Å². The number of thiophene rings is 1. The Morgan fingerprint density at radius 3 is 3.05 bits per heavy atom. The Kier molecular flexibility index (Phi) is 3.61. The quantitative estimate of drug-likeness (QED) is 0.851. The summed E-state index contributed by atoms with van der Waals surface area (Å²) in [6.45, 7) is 2.07.